The van der Waals surface area contributed by atoms with Gasteiger partial charge in [-0.05, 0) is 24.6 Å². The van der Waals surface area contributed by atoms with Crippen LogP contribution in [0.3, 0.4) is 0 Å². The highest BCUT2D eigenvalue weighted by Crippen LogP contribution is 2.34. The first kappa shape index (κ1) is 16.4. The molecule has 0 radical (unpaired) electrons. The second kappa shape index (κ2) is 6.95. The van der Waals surface area contributed by atoms with Crippen molar-refractivity contribution in [3.05, 3.63) is 53.6 Å². The third kappa shape index (κ3) is 3.23. The standard InChI is InChI=1S/C20H23NO3/c1-14-5-4-6-15(11-14)17-13-21(10-9-18(17)22)16-7-8-19(23-2)20(12-16)24-3/h4-8,11-12,17H,9-10,13H2,1-3H3/t17-/m1/s1. The highest BCUT2D eigenvalue weighted by atomic mass is 16.5. The van der Waals surface area contributed by atoms with Crippen molar-refractivity contribution < 1.29 is 14.3 Å². The minimum atomic E-state index is -0.0771. The smallest absolute Gasteiger partial charge is 0.162 e. The van der Waals surface area contributed by atoms with Crippen molar-refractivity contribution in [2.24, 2.45) is 0 Å². The Hall–Kier alpha value is -2.49. The second-order valence-electron chi connectivity index (χ2n) is 6.17. The van der Waals surface area contributed by atoms with E-state index in [-0.39, 0.29) is 5.92 Å². The van der Waals surface area contributed by atoms with Gasteiger partial charge in [0.25, 0.3) is 0 Å². The van der Waals surface area contributed by atoms with Gasteiger partial charge in [0.05, 0.1) is 20.1 Å². The summed E-state index contributed by atoms with van der Waals surface area (Å²) in [5.74, 6) is 1.66. The summed E-state index contributed by atoms with van der Waals surface area (Å²) in [5.41, 5.74) is 3.34. The molecule has 0 aliphatic carbocycles. The number of carbonyl (C=O) groups is 1. The van der Waals surface area contributed by atoms with E-state index in [9.17, 15) is 4.79 Å². The molecular formula is C20H23NO3. The molecule has 0 aromatic heterocycles. The average molecular weight is 325 g/mol. The molecule has 1 aliphatic rings. The van der Waals surface area contributed by atoms with Gasteiger partial charge in [0, 0.05) is 31.3 Å². The Morgan fingerprint density at radius 3 is 2.54 bits per heavy atom. The summed E-state index contributed by atoms with van der Waals surface area (Å²) in [7, 11) is 3.27. The number of ether oxygens (including phenoxy) is 2. The molecule has 0 unspecified atom stereocenters. The van der Waals surface area contributed by atoms with E-state index < -0.39 is 0 Å². The van der Waals surface area contributed by atoms with Crippen LogP contribution in [-0.2, 0) is 4.79 Å². The van der Waals surface area contributed by atoms with Crippen molar-refractivity contribution >= 4 is 11.5 Å². The van der Waals surface area contributed by atoms with Gasteiger partial charge in [-0.25, -0.2) is 0 Å². The first-order valence-electron chi connectivity index (χ1n) is 8.18. The first-order chi connectivity index (χ1) is 11.6. The Labute approximate surface area is 143 Å². The lowest BCUT2D eigenvalue weighted by Gasteiger charge is -2.34. The third-order valence-corrected chi connectivity index (χ3v) is 4.60. The molecule has 1 fully saturated rings. The fraction of sp³-hybridized carbons (Fsp3) is 0.350. The Balaban J connectivity index is 1.86. The van der Waals surface area contributed by atoms with E-state index in [1.54, 1.807) is 14.2 Å². The number of anilines is 1. The van der Waals surface area contributed by atoms with Gasteiger partial charge in [-0.3, -0.25) is 4.79 Å². The molecule has 126 valence electrons. The van der Waals surface area contributed by atoms with Crippen molar-refractivity contribution in [2.45, 2.75) is 19.3 Å². The average Bonchev–Trinajstić information content (AvgIpc) is 2.61. The normalized spacial score (nSPS) is 17.7. The number of rotatable bonds is 4. The Morgan fingerprint density at radius 1 is 1.04 bits per heavy atom. The minimum Gasteiger partial charge on any atom is -0.493 e. The maximum atomic E-state index is 12.4. The lowest BCUT2D eigenvalue weighted by atomic mass is 9.88. The van der Waals surface area contributed by atoms with Gasteiger partial charge in [-0.2, -0.15) is 0 Å². The predicted octanol–water partition coefficient (Wildman–Crippen LogP) is 3.58. The molecule has 24 heavy (non-hydrogen) atoms. The summed E-state index contributed by atoms with van der Waals surface area (Å²) in [5, 5.41) is 0. The number of nitrogens with zero attached hydrogens (tertiary/aromatic N) is 1. The van der Waals surface area contributed by atoms with E-state index in [0.29, 0.717) is 30.2 Å². The van der Waals surface area contributed by atoms with Gasteiger partial charge in [-0.1, -0.05) is 29.8 Å². The quantitative estimate of drug-likeness (QED) is 0.861. The third-order valence-electron chi connectivity index (χ3n) is 4.60. The Bertz CT molecular complexity index is 741. The SMILES string of the molecule is COc1ccc(N2CCC(=O)[C@@H](c3cccc(C)c3)C2)cc1OC. The molecule has 1 heterocycles. The van der Waals surface area contributed by atoms with Crippen LogP contribution in [-0.4, -0.2) is 33.1 Å². The van der Waals surface area contributed by atoms with E-state index >= 15 is 0 Å². The van der Waals surface area contributed by atoms with Crippen molar-refractivity contribution in [1.82, 2.24) is 0 Å². The topological polar surface area (TPSA) is 38.8 Å². The van der Waals surface area contributed by atoms with E-state index in [4.69, 9.17) is 9.47 Å². The van der Waals surface area contributed by atoms with Gasteiger partial charge in [0.1, 0.15) is 5.78 Å². The van der Waals surface area contributed by atoms with Crippen LogP contribution in [0.4, 0.5) is 5.69 Å². The summed E-state index contributed by atoms with van der Waals surface area (Å²) in [6.07, 6.45) is 0.562. The van der Waals surface area contributed by atoms with Crippen LogP contribution in [0.2, 0.25) is 0 Å². The summed E-state index contributed by atoms with van der Waals surface area (Å²) >= 11 is 0. The van der Waals surface area contributed by atoms with Crippen LogP contribution >= 0.6 is 0 Å². The minimum absolute atomic E-state index is 0.0771. The molecule has 4 nitrogen and oxygen atoms in total. The zero-order valence-corrected chi connectivity index (χ0v) is 14.4. The molecule has 3 rings (SSSR count). The monoisotopic (exact) mass is 325 g/mol. The van der Waals surface area contributed by atoms with Gasteiger partial charge in [-0.15, -0.1) is 0 Å². The Kier molecular flexibility index (Phi) is 4.74. The summed E-state index contributed by atoms with van der Waals surface area (Å²) in [6.45, 7) is 3.48. The van der Waals surface area contributed by atoms with Gasteiger partial charge in [0.15, 0.2) is 11.5 Å². The molecule has 1 atom stereocenters. The van der Waals surface area contributed by atoms with E-state index in [1.165, 1.54) is 5.56 Å². The number of carbonyl (C=O) groups excluding carboxylic acids is 1. The van der Waals surface area contributed by atoms with Crippen LogP contribution < -0.4 is 14.4 Å². The number of Topliss-reactive ketones (excluding diaryl/α,β-unsaturated/α-hetero) is 1. The van der Waals surface area contributed by atoms with Crippen molar-refractivity contribution in [2.75, 3.05) is 32.2 Å². The number of methoxy groups -OCH3 is 2. The van der Waals surface area contributed by atoms with Crippen molar-refractivity contribution in [3.8, 4) is 11.5 Å². The van der Waals surface area contributed by atoms with Gasteiger partial charge in [0.2, 0.25) is 0 Å². The van der Waals surface area contributed by atoms with Crippen LogP contribution in [0.1, 0.15) is 23.5 Å². The second-order valence-corrected chi connectivity index (χ2v) is 6.17. The lowest BCUT2D eigenvalue weighted by Crippen LogP contribution is -2.39. The molecule has 2 aromatic rings. The van der Waals surface area contributed by atoms with Crippen LogP contribution in [0.25, 0.3) is 0 Å². The van der Waals surface area contributed by atoms with Gasteiger partial charge >= 0.3 is 0 Å². The number of aryl methyl sites for hydroxylation is 1. The number of ketones is 1. The molecule has 0 spiro atoms. The summed E-state index contributed by atoms with van der Waals surface area (Å²) in [6, 6.07) is 14.1. The fourth-order valence-corrected chi connectivity index (χ4v) is 3.27. The van der Waals surface area contributed by atoms with Crippen LogP contribution in [0.5, 0.6) is 11.5 Å². The predicted molar refractivity (Wildman–Crippen MR) is 95.3 cm³/mol. The molecule has 0 saturated carbocycles. The number of benzene rings is 2. The van der Waals surface area contributed by atoms with Crippen LogP contribution in [0.15, 0.2) is 42.5 Å². The van der Waals surface area contributed by atoms with Crippen LogP contribution in [0, 0.1) is 6.92 Å². The van der Waals surface area contributed by atoms with Crippen molar-refractivity contribution in [1.29, 1.82) is 0 Å². The molecule has 0 bridgehead atoms. The maximum Gasteiger partial charge on any atom is 0.162 e. The fourth-order valence-electron chi connectivity index (χ4n) is 3.27. The van der Waals surface area contributed by atoms with E-state index in [0.717, 1.165) is 17.8 Å². The van der Waals surface area contributed by atoms with E-state index in [1.807, 2.05) is 30.3 Å². The number of piperidine rings is 1. The molecule has 1 saturated heterocycles. The molecule has 2 aromatic carbocycles. The van der Waals surface area contributed by atoms with Gasteiger partial charge < -0.3 is 14.4 Å². The maximum absolute atomic E-state index is 12.4. The number of hydrogen-bond acceptors (Lipinski definition) is 4. The molecular weight excluding hydrogens is 302 g/mol. The molecule has 0 amide bonds. The highest BCUT2D eigenvalue weighted by Gasteiger charge is 2.29. The zero-order chi connectivity index (χ0) is 17.1. The largest absolute Gasteiger partial charge is 0.493 e. The van der Waals surface area contributed by atoms with Crippen molar-refractivity contribution in [3.63, 3.8) is 0 Å². The zero-order valence-electron chi connectivity index (χ0n) is 14.4. The summed E-state index contributed by atoms with van der Waals surface area (Å²) in [4.78, 5) is 14.7. The number of hydrogen-bond donors (Lipinski definition) is 0. The molecule has 1 aliphatic heterocycles. The summed E-state index contributed by atoms with van der Waals surface area (Å²) < 4.78 is 10.7. The molecule has 0 N–H and O–H groups in total. The Morgan fingerprint density at radius 2 is 1.83 bits per heavy atom. The first-order valence-corrected chi connectivity index (χ1v) is 8.18. The lowest BCUT2D eigenvalue weighted by molar-refractivity contribution is -0.120. The highest BCUT2D eigenvalue weighted by molar-refractivity contribution is 5.88. The molecule has 4 heteroatoms. The van der Waals surface area contributed by atoms with E-state index in [2.05, 4.69) is 24.0 Å².